The molecule has 1 amide bonds. The topological polar surface area (TPSA) is 94.5 Å². The second kappa shape index (κ2) is 6.50. The van der Waals surface area contributed by atoms with Crippen molar-refractivity contribution in [2.24, 2.45) is 5.92 Å². The largest absolute Gasteiger partial charge is 0.458 e. The summed E-state index contributed by atoms with van der Waals surface area (Å²) in [7, 11) is 1.44. The van der Waals surface area contributed by atoms with Gasteiger partial charge in [0.25, 0.3) is 5.91 Å². The van der Waals surface area contributed by atoms with Gasteiger partial charge in [0.2, 0.25) is 0 Å². The summed E-state index contributed by atoms with van der Waals surface area (Å²) in [5.41, 5.74) is 0.894. The fourth-order valence-corrected chi connectivity index (χ4v) is 5.46. The van der Waals surface area contributed by atoms with Gasteiger partial charge >= 0.3 is 5.97 Å². The van der Waals surface area contributed by atoms with E-state index in [0.717, 1.165) is 5.56 Å². The summed E-state index contributed by atoms with van der Waals surface area (Å²) in [6, 6.07) is 8.20. The molecule has 0 radical (unpaired) electrons. The van der Waals surface area contributed by atoms with Crippen LogP contribution in [0.4, 0.5) is 0 Å². The highest BCUT2D eigenvalue weighted by molar-refractivity contribution is 5.95. The Labute approximate surface area is 168 Å². The van der Waals surface area contributed by atoms with Gasteiger partial charge in [-0.05, 0) is 19.4 Å². The highest BCUT2D eigenvalue weighted by atomic mass is 16.8. The molecular weight excluding hydrogens is 378 g/mol. The number of esters is 1. The van der Waals surface area contributed by atoms with Gasteiger partial charge in [-0.1, -0.05) is 30.3 Å². The Morgan fingerprint density at radius 3 is 2.55 bits per heavy atom. The number of amides is 1. The van der Waals surface area contributed by atoms with Crippen LogP contribution in [0.2, 0.25) is 0 Å². The summed E-state index contributed by atoms with van der Waals surface area (Å²) in [4.78, 5) is 27.0. The number of piperidine rings is 1. The lowest BCUT2D eigenvalue weighted by atomic mass is 9.65. The minimum absolute atomic E-state index is 0.282. The van der Waals surface area contributed by atoms with Gasteiger partial charge in [-0.2, -0.15) is 0 Å². The highest BCUT2D eigenvalue weighted by Gasteiger charge is 2.69. The van der Waals surface area contributed by atoms with Gasteiger partial charge in [-0.25, -0.2) is 4.79 Å². The Morgan fingerprint density at radius 2 is 1.93 bits per heavy atom. The van der Waals surface area contributed by atoms with Crippen LogP contribution >= 0.6 is 0 Å². The van der Waals surface area contributed by atoms with E-state index in [1.807, 2.05) is 44.2 Å². The van der Waals surface area contributed by atoms with Gasteiger partial charge < -0.3 is 29.0 Å². The van der Waals surface area contributed by atoms with Crippen molar-refractivity contribution in [1.29, 1.82) is 0 Å². The third-order valence-electron chi connectivity index (χ3n) is 6.63. The number of hydrogen-bond donors (Lipinski definition) is 1. The van der Waals surface area contributed by atoms with Gasteiger partial charge in [-0.15, -0.1) is 0 Å². The molecule has 4 aliphatic heterocycles. The first kappa shape index (κ1) is 19.0. The van der Waals surface area contributed by atoms with Crippen molar-refractivity contribution in [3.8, 4) is 0 Å². The molecule has 0 unspecified atom stereocenters. The minimum Gasteiger partial charge on any atom is -0.458 e. The molecule has 0 spiro atoms. The maximum atomic E-state index is 12.9. The van der Waals surface area contributed by atoms with Crippen molar-refractivity contribution < 1.29 is 33.6 Å². The summed E-state index contributed by atoms with van der Waals surface area (Å²) in [5.74, 6) is -2.38. The first-order valence-electron chi connectivity index (χ1n) is 9.94. The van der Waals surface area contributed by atoms with Gasteiger partial charge in [-0.3, -0.25) is 4.79 Å². The number of methoxy groups -OCH3 is 1. The molecule has 4 fully saturated rings. The zero-order valence-corrected chi connectivity index (χ0v) is 16.6. The fourth-order valence-electron chi connectivity index (χ4n) is 5.46. The Hall–Kier alpha value is -2.00. The van der Waals surface area contributed by atoms with E-state index in [1.165, 1.54) is 12.0 Å². The van der Waals surface area contributed by atoms with Gasteiger partial charge in [0, 0.05) is 18.9 Å². The maximum Gasteiger partial charge on any atom is 0.329 e. The molecule has 0 bridgehead atoms. The molecule has 4 aliphatic rings. The number of benzene rings is 1. The van der Waals surface area contributed by atoms with E-state index < -0.39 is 60.1 Å². The zero-order valence-electron chi connectivity index (χ0n) is 16.6. The predicted molar refractivity (Wildman–Crippen MR) is 98.7 cm³/mol. The van der Waals surface area contributed by atoms with Crippen LogP contribution in [0.15, 0.2) is 30.3 Å². The highest BCUT2D eigenvalue weighted by Crippen LogP contribution is 2.52. The molecule has 8 nitrogen and oxygen atoms in total. The Morgan fingerprint density at radius 1 is 1.21 bits per heavy atom. The van der Waals surface area contributed by atoms with Crippen LogP contribution in [0.25, 0.3) is 0 Å². The molecule has 1 aromatic carbocycles. The number of carbonyl (C=O) groups is 2. The van der Waals surface area contributed by atoms with Crippen LogP contribution in [0.1, 0.15) is 25.3 Å². The average Bonchev–Trinajstić information content (AvgIpc) is 3.21. The molecule has 156 valence electrons. The first-order valence-corrected chi connectivity index (χ1v) is 9.94. The van der Waals surface area contributed by atoms with Gasteiger partial charge in [0.1, 0.15) is 18.2 Å². The number of cyclic esters (lactones) is 1. The molecule has 0 aliphatic carbocycles. The smallest absolute Gasteiger partial charge is 0.329 e. The van der Waals surface area contributed by atoms with E-state index >= 15 is 0 Å². The SMILES string of the molecule is CO[C@H]1C(=O)N2[C@H]1[C@H](O)[C@@H](c1ccccc1)[C@@H]1[C@@H]([C@@H]3COC(C)(C)O3)OC(=O)[C@@H]12. The van der Waals surface area contributed by atoms with Crippen molar-refractivity contribution in [2.45, 2.75) is 62.1 Å². The van der Waals surface area contributed by atoms with Crippen LogP contribution in [0.5, 0.6) is 0 Å². The van der Waals surface area contributed by atoms with E-state index in [1.54, 1.807) is 0 Å². The normalized spacial score (nSPS) is 42.8. The van der Waals surface area contributed by atoms with E-state index in [2.05, 4.69) is 0 Å². The number of fused-ring (bicyclic) bond motifs is 3. The second-order valence-electron chi connectivity index (χ2n) is 8.61. The predicted octanol–water partition coefficient (Wildman–Crippen LogP) is 0.432. The molecule has 8 heteroatoms. The van der Waals surface area contributed by atoms with E-state index in [-0.39, 0.29) is 12.5 Å². The van der Waals surface area contributed by atoms with E-state index in [0.29, 0.717) is 0 Å². The molecule has 8 atom stereocenters. The molecular formula is C21H25NO7. The van der Waals surface area contributed by atoms with Crippen molar-refractivity contribution in [3.63, 3.8) is 0 Å². The number of aliphatic hydroxyl groups excluding tert-OH is 1. The number of ether oxygens (including phenoxy) is 4. The Bertz CT molecular complexity index is 828. The van der Waals surface area contributed by atoms with Crippen molar-refractivity contribution >= 4 is 11.9 Å². The first-order chi connectivity index (χ1) is 13.8. The van der Waals surface area contributed by atoms with Gasteiger partial charge in [0.05, 0.1) is 18.8 Å². The van der Waals surface area contributed by atoms with Crippen LogP contribution in [-0.2, 0) is 28.5 Å². The lowest BCUT2D eigenvalue weighted by molar-refractivity contribution is -0.204. The monoisotopic (exact) mass is 403 g/mol. The number of aliphatic hydroxyl groups is 1. The number of nitrogens with zero attached hydrogens (tertiary/aromatic N) is 1. The molecule has 0 aromatic heterocycles. The standard InChI is InChI=1S/C21H25NO7/c1-21(2)27-9-11(29-21)17-13-12(10-7-5-4-6-8-10)16(23)15-18(26-3)19(24)22(15)14(13)20(25)28-17/h4-8,11-18,23H,9H2,1-3H3/t11-,12-,13-,14+,15-,16+,17+,18+/m0/s1. The average molecular weight is 403 g/mol. The van der Waals surface area contributed by atoms with Crippen molar-refractivity contribution in [3.05, 3.63) is 35.9 Å². The third-order valence-corrected chi connectivity index (χ3v) is 6.63. The lowest BCUT2D eigenvalue weighted by Crippen LogP contribution is -2.78. The number of rotatable bonds is 3. The molecule has 29 heavy (non-hydrogen) atoms. The molecule has 0 saturated carbocycles. The second-order valence-corrected chi connectivity index (χ2v) is 8.61. The molecule has 5 rings (SSSR count). The Kier molecular flexibility index (Phi) is 4.26. The van der Waals surface area contributed by atoms with E-state index in [4.69, 9.17) is 18.9 Å². The van der Waals surface area contributed by atoms with Crippen molar-refractivity contribution in [2.75, 3.05) is 13.7 Å². The Balaban J connectivity index is 1.57. The van der Waals surface area contributed by atoms with Crippen LogP contribution in [-0.4, -0.2) is 77.9 Å². The summed E-state index contributed by atoms with van der Waals surface area (Å²) >= 11 is 0. The van der Waals surface area contributed by atoms with E-state index in [9.17, 15) is 14.7 Å². The quantitative estimate of drug-likeness (QED) is 0.578. The minimum atomic E-state index is -0.895. The van der Waals surface area contributed by atoms with Crippen molar-refractivity contribution in [1.82, 2.24) is 4.90 Å². The molecule has 1 aromatic rings. The lowest BCUT2D eigenvalue weighted by Gasteiger charge is -2.57. The number of carbonyl (C=O) groups excluding carboxylic acids is 2. The molecule has 1 N–H and O–H groups in total. The molecule has 4 heterocycles. The van der Waals surface area contributed by atoms with Crippen LogP contribution in [0.3, 0.4) is 0 Å². The summed E-state index contributed by atoms with van der Waals surface area (Å²) in [5, 5.41) is 11.3. The number of hydrogen-bond acceptors (Lipinski definition) is 7. The fraction of sp³-hybridized carbons (Fsp3) is 0.619. The van der Waals surface area contributed by atoms with Crippen LogP contribution < -0.4 is 0 Å². The molecule has 4 saturated heterocycles. The zero-order chi connectivity index (χ0) is 20.5. The maximum absolute atomic E-state index is 12.9. The number of β-lactam (4-membered cyclic amide) rings is 1. The van der Waals surface area contributed by atoms with Crippen LogP contribution in [0, 0.1) is 5.92 Å². The van der Waals surface area contributed by atoms with Gasteiger partial charge in [0.15, 0.2) is 11.9 Å². The summed E-state index contributed by atoms with van der Waals surface area (Å²) in [6.45, 7) is 3.90. The summed E-state index contributed by atoms with van der Waals surface area (Å²) < 4.78 is 22.8. The third kappa shape index (κ3) is 2.66. The summed E-state index contributed by atoms with van der Waals surface area (Å²) in [6.07, 6.45) is -2.74.